The van der Waals surface area contributed by atoms with Crippen molar-refractivity contribution in [2.45, 2.75) is 36.9 Å². The molecule has 1 aliphatic carbocycles. The van der Waals surface area contributed by atoms with E-state index < -0.39 is 5.56 Å². The Morgan fingerprint density at radius 3 is 2.87 bits per heavy atom. The molecule has 1 aliphatic rings. The number of benzene rings is 1. The van der Waals surface area contributed by atoms with Gasteiger partial charge in [-0.15, -0.1) is 0 Å². The Hall–Kier alpha value is -2.26. The minimum atomic E-state index is -0.413. The predicted octanol–water partition coefficient (Wildman–Crippen LogP) is 3.35. The molecule has 0 amide bonds. The molecule has 1 saturated carbocycles. The minimum Gasteiger partial charge on any atom is -0.490 e. The van der Waals surface area contributed by atoms with Crippen molar-refractivity contribution in [1.29, 1.82) is 5.26 Å². The highest BCUT2D eigenvalue weighted by Gasteiger charge is 2.18. The molecule has 0 bridgehead atoms. The van der Waals surface area contributed by atoms with Gasteiger partial charge in [-0.05, 0) is 44.1 Å². The Labute approximate surface area is 138 Å². The van der Waals surface area contributed by atoms with Gasteiger partial charge in [-0.2, -0.15) is 5.26 Å². The van der Waals surface area contributed by atoms with E-state index in [-0.39, 0.29) is 11.7 Å². The van der Waals surface area contributed by atoms with Crippen molar-refractivity contribution < 1.29 is 4.74 Å². The van der Waals surface area contributed by atoms with E-state index >= 15 is 0 Å². The highest BCUT2D eigenvalue weighted by molar-refractivity contribution is 7.98. The number of H-pyrrole nitrogens is 1. The Morgan fingerprint density at radius 2 is 2.17 bits per heavy atom. The summed E-state index contributed by atoms with van der Waals surface area (Å²) in [4.78, 5) is 19.0. The molecule has 1 aromatic carbocycles. The van der Waals surface area contributed by atoms with Crippen LogP contribution in [0.4, 0.5) is 0 Å². The summed E-state index contributed by atoms with van der Waals surface area (Å²) < 4.78 is 6.00. The van der Waals surface area contributed by atoms with Crippen LogP contribution in [-0.4, -0.2) is 22.3 Å². The lowest BCUT2D eigenvalue weighted by Gasteiger charge is -2.14. The first-order valence-electron chi connectivity index (χ1n) is 7.57. The highest BCUT2D eigenvalue weighted by Crippen LogP contribution is 2.28. The number of hydrogen-bond acceptors (Lipinski definition) is 5. The third-order valence-corrected chi connectivity index (χ3v) is 4.50. The van der Waals surface area contributed by atoms with Crippen LogP contribution in [0.25, 0.3) is 11.3 Å². The Balaban J connectivity index is 2.00. The molecule has 1 fully saturated rings. The number of nitrogens with one attached hydrogen (secondary N) is 1. The standard InChI is InChI=1S/C17H17N3O2S/c1-23-17-19-15(14(10-18)16(21)20-17)11-5-4-8-13(9-11)22-12-6-2-3-7-12/h4-5,8-9,12H,2-3,6-7H2,1H3,(H,19,20,21). The van der Waals surface area contributed by atoms with Gasteiger partial charge in [0.25, 0.3) is 5.56 Å². The maximum absolute atomic E-state index is 12.0. The quantitative estimate of drug-likeness (QED) is 0.688. The summed E-state index contributed by atoms with van der Waals surface area (Å²) in [6.45, 7) is 0. The zero-order chi connectivity index (χ0) is 16.2. The van der Waals surface area contributed by atoms with Crippen molar-refractivity contribution in [1.82, 2.24) is 9.97 Å². The first-order valence-corrected chi connectivity index (χ1v) is 8.79. The number of nitrogens with zero attached hydrogens (tertiary/aromatic N) is 2. The van der Waals surface area contributed by atoms with Crippen LogP contribution in [0.3, 0.4) is 0 Å². The van der Waals surface area contributed by atoms with Gasteiger partial charge in [0.05, 0.1) is 11.8 Å². The highest BCUT2D eigenvalue weighted by atomic mass is 32.2. The molecule has 0 spiro atoms. The number of hydrogen-bond donors (Lipinski definition) is 1. The van der Waals surface area contributed by atoms with Crippen LogP contribution in [-0.2, 0) is 0 Å². The van der Waals surface area contributed by atoms with Crippen molar-refractivity contribution in [3.8, 4) is 23.1 Å². The Kier molecular flexibility index (Phi) is 4.68. The predicted molar refractivity (Wildman–Crippen MR) is 89.7 cm³/mol. The van der Waals surface area contributed by atoms with E-state index in [1.165, 1.54) is 24.6 Å². The van der Waals surface area contributed by atoms with Crippen LogP contribution in [0, 0.1) is 11.3 Å². The normalized spacial score (nSPS) is 14.6. The summed E-state index contributed by atoms with van der Waals surface area (Å²) in [7, 11) is 0. The van der Waals surface area contributed by atoms with Gasteiger partial charge in [0.1, 0.15) is 17.4 Å². The lowest BCUT2D eigenvalue weighted by molar-refractivity contribution is 0.210. The van der Waals surface area contributed by atoms with Crippen molar-refractivity contribution in [3.05, 3.63) is 40.2 Å². The molecule has 0 atom stereocenters. The number of nitriles is 1. The van der Waals surface area contributed by atoms with Gasteiger partial charge in [0, 0.05) is 5.56 Å². The summed E-state index contributed by atoms with van der Waals surface area (Å²) in [5.41, 5.74) is 0.737. The lowest BCUT2D eigenvalue weighted by atomic mass is 10.1. The summed E-state index contributed by atoms with van der Waals surface area (Å²) in [6, 6.07) is 9.41. The van der Waals surface area contributed by atoms with E-state index in [4.69, 9.17) is 4.74 Å². The molecule has 1 aromatic heterocycles. The molecular weight excluding hydrogens is 310 g/mol. The summed E-state index contributed by atoms with van der Waals surface area (Å²) in [5, 5.41) is 9.77. The van der Waals surface area contributed by atoms with Crippen LogP contribution >= 0.6 is 11.8 Å². The second-order valence-electron chi connectivity index (χ2n) is 5.46. The van der Waals surface area contributed by atoms with Crippen LogP contribution in [0.1, 0.15) is 31.2 Å². The molecule has 0 radical (unpaired) electrons. The number of rotatable bonds is 4. The maximum Gasteiger partial charge on any atom is 0.270 e. The number of ether oxygens (including phenoxy) is 1. The van der Waals surface area contributed by atoms with Gasteiger partial charge in [-0.1, -0.05) is 23.9 Å². The fourth-order valence-electron chi connectivity index (χ4n) is 2.78. The van der Waals surface area contributed by atoms with Crippen molar-refractivity contribution in [2.75, 3.05) is 6.26 Å². The molecule has 118 valence electrons. The molecule has 1 heterocycles. The molecule has 2 aromatic rings. The smallest absolute Gasteiger partial charge is 0.270 e. The molecule has 0 unspecified atom stereocenters. The van der Waals surface area contributed by atoms with Gasteiger partial charge in [0.15, 0.2) is 5.16 Å². The average molecular weight is 327 g/mol. The van der Waals surface area contributed by atoms with Gasteiger partial charge in [-0.25, -0.2) is 4.98 Å². The molecule has 6 heteroatoms. The zero-order valence-corrected chi connectivity index (χ0v) is 13.7. The lowest BCUT2D eigenvalue weighted by Crippen LogP contribution is -2.15. The SMILES string of the molecule is CSc1nc(-c2cccc(OC3CCCC3)c2)c(C#N)c(=O)[nH]1. The summed E-state index contributed by atoms with van der Waals surface area (Å²) in [5.74, 6) is 0.756. The average Bonchev–Trinajstić information content (AvgIpc) is 3.07. The van der Waals surface area contributed by atoms with E-state index in [9.17, 15) is 10.1 Å². The fourth-order valence-corrected chi connectivity index (χ4v) is 3.15. The molecule has 0 saturated heterocycles. The molecule has 5 nitrogen and oxygen atoms in total. The number of aromatic nitrogens is 2. The molecule has 0 aliphatic heterocycles. The van der Waals surface area contributed by atoms with E-state index in [0.717, 1.165) is 24.2 Å². The maximum atomic E-state index is 12.0. The summed E-state index contributed by atoms with van der Waals surface area (Å²) in [6.07, 6.45) is 6.65. The van der Waals surface area contributed by atoms with E-state index in [0.29, 0.717) is 10.9 Å². The first-order chi connectivity index (χ1) is 11.2. The summed E-state index contributed by atoms with van der Waals surface area (Å²) >= 11 is 1.33. The van der Waals surface area contributed by atoms with E-state index in [2.05, 4.69) is 9.97 Å². The number of thioether (sulfide) groups is 1. The molecule has 1 N–H and O–H groups in total. The van der Waals surface area contributed by atoms with Crippen molar-refractivity contribution >= 4 is 11.8 Å². The zero-order valence-electron chi connectivity index (χ0n) is 12.8. The number of aromatic amines is 1. The van der Waals surface area contributed by atoms with E-state index in [1.807, 2.05) is 36.6 Å². The second kappa shape index (κ2) is 6.88. The van der Waals surface area contributed by atoms with Crippen LogP contribution in [0.15, 0.2) is 34.2 Å². The molecule has 23 heavy (non-hydrogen) atoms. The first kappa shape index (κ1) is 15.6. The van der Waals surface area contributed by atoms with Crippen molar-refractivity contribution in [3.63, 3.8) is 0 Å². The van der Waals surface area contributed by atoms with Gasteiger partial charge in [0.2, 0.25) is 0 Å². The topological polar surface area (TPSA) is 78.8 Å². The third-order valence-electron chi connectivity index (χ3n) is 3.92. The third kappa shape index (κ3) is 3.40. The Bertz CT molecular complexity index is 804. The van der Waals surface area contributed by atoms with Crippen molar-refractivity contribution in [2.24, 2.45) is 0 Å². The minimum absolute atomic E-state index is 0.0285. The fraction of sp³-hybridized carbons (Fsp3) is 0.353. The van der Waals surface area contributed by atoms with Crippen LogP contribution in [0.2, 0.25) is 0 Å². The van der Waals surface area contributed by atoms with E-state index in [1.54, 1.807) is 0 Å². The second-order valence-corrected chi connectivity index (χ2v) is 6.26. The van der Waals surface area contributed by atoms with Crippen LogP contribution in [0.5, 0.6) is 5.75 Å². The van der Waals surface area contributed by atoms with Gasteiger partial charge >= 0.3 is 0 Å². The monoisotopic (exact) mass is 327 g/mol. The molecule has 3 rings (SSSR count). The molecular formula is C17H17N3O2S. The van der Waals surface area contributed by atoms with Gasteiger partial charge < -0.3 is 9.72 Å². The Morgan fingerprint density at radius 1 is 1.39 bits per heavy atom. The van der Waals surface area contributed by atoms with Gasteiger partial charge in [-0.3, -0.25) is 4.79 Å². The largest absolute Gasteiger partial charge is 0.490 e. The van der Waals surface area contributed by atoms with Crippen LogP contribution < -0.4 is 10.3 Å².